The maximum Gasteiger partial charge on any atom is 0.0786 e. The third kappa shape index (κ3) is 3.81. The standard InChI is InChI=1S/C10H23NS/c1-4-11(5-2,6-3)9-7-8-10-12/h4-10H2,1-3H3/p+1. The molecule has 0 aromatic rings. The van der Waals surface area contributed by atoms with Crippen LogP contribution in [0.4, 0.5) is 0 Å². The van der Waals surface area contributed by atoms with Crippen molar-refractivity contribution in [2.75, 3.05) is 31.9 Å². The topological polar surface area (TPSA) is 0 Å². The van der Waals surface area contributed by atoms with Crippen LogP contribution in [0.1, 0.15) is 33.6 Å². The smallest absolute Gasteiger partial charge is 0.0786 e. The molecule has 0 N–H and O–H groups in total. The molecule has 0 unspecified atom stereocenters. The quantitative estimate of drug-likeness (QED) is 0.356. The van der Waals surface area contributed by atoms with Crippen molar-refractivity contribution in [2.45, 2.75) is 33.6 Å². The second-order valence-electron chi connectivity index (χ2n) is 3.44. The Morgan fingerprint density at radius 3 is 1.75 bits per heavy atom. The number of unbranched alkanes of at least 4 members (excludes halogenated alkanes) is 1. The highest BCUT2D eigenvalue weighted by Gasteiger charge is 2.18. The molecule has 0 aromatic carbocycles. The van der Waals surface area contributed by atoms with E-state index in [1.807, 2.05) is 0 Å². The number of thiol groups is 1. The Morgan fingerprint density at radius 1 is 0.917 bits per heavy atom. The van der Waals surface area contributed by atoms with Gasteiger partial charge >= 0.3 is 0 Å². The summed E-state index contributed by atoms with van der Waals surface area (Å²) in [5, 5.41) is 0. The van der Waals surface area contributed by atoms with E-state index < -0.39 is 0 Å². The number of rotatable bonds is 7. The van der Waals surface area contributed by atoms with E-state index in [1.165, 1.54) is 43.5 Å². The second-order valence-corrected chi connectivity index (χ2v) is 3.89. The number of quaternary nitrogens is 1. The van der Waals surface area contributed by atoms with Crippen LogP contribution in [0.3, 0.4) is 0 Å². The average Bonchev–Trinajstić information content (AvgIpc) is 2.14. The minimum atomic E-state index is 1.04. The highest BCUT2D eigenvalue weighted by Crippen LogP contribution is 2.08. The molecule has 0 aliphatic rings. The molecule has 2 heteroatoms. The average molecular weight is 190 g/mol. The molecule has 74 valence electrons. The minimum absolute atomic E-state index is 1.04. The molecular weight excluding hydrogens is 166 g/mol. The van der Waals surface area contributed by atoms with Gasteiger partial charge in [0.25, 0.3) is 0 Å². The summed E-state index contributed by atoms with van der Waals surface area (Å²) < 4.78 is 1.29. The van der Waals surface area contributed by atoms with E-state index in [2.05, 4.69) is 33.4 Å². The Kier molecular flexibility index (Phi) is 6.96. The van der Waals surface area contributed by atoms with Gasteiger partial charge in [-0.3, -0.25) is 0 Å². The van der Waals surface area contributed by atoms with Gasteiger partial charge in [-0.2, -0.15) is 12.6 Å². The molecule has 0 aromatic heterocycles. The minimum Gasteiger partial charge on any atom is -0.324 e. The SMILES string of the molecule is CC[N+](CC)(CC)CCCCS. The Labute approximate surface area is 83.1 Å². The molecule has 0 atom stereocenters. The molecule has 0 saturated carbocycles. The van der Waals surface area contributed by atoms with E-state index in [0.29, 0.717) is 0 Å². The van der Waals surface area contributed by atoms with Gasteiger partial charge in [-0.25, -0.2) is 0 Å². The van der Waals surface area contributed by atoms with E-state index in [9.17, 15) is 0 Å². The summed E-state index contributed by atoms with van der Waals surface area (Å²) >= 11 is 4.23. The highest BCUT2D eigenvalue weighted by atomic mass is 32.1. The monoisotopic (exact) mass is 190 g/mol. The van der Waals surface area contributed by atoms with Crippen LogP contribution in [-0.4, -0.2) is 36.4 Å². The summed E-state index contributed by atoms with van der Waals surface area (Å²) in [6.07, 6.45) is 2.60. The van der Waals surface area contributed by atoms with E-state index in [0.717, 1.165) is 5.75 Å². The molecule has 0 spiro atoms. The van der Waals surface area contributed by atoms with Crippen LogP contribution in [0.5, 0.6) is 0 Å². The van der Waals surface area contributed by atoms with E-state index >= 15 is 0 Å². The summed E-state index contributed by atoms with van der Waals surface area (Å²) in [6, 6.07) is 0. The molecule has 0 bridgehead atoms. The third-order valence-electron chi connectivity index (χ3n) is 3.05. The van der Waals surface area contributed by atoms with Gasteiger partial charge in [-0.05, 0) is 39.4 Å². The maximum atomic E-state index is 4.23. The molecule has 0 aliphatic heterocycles. The molecule has 12 heavy (non-hydrogen) atoms. The fourth-order valence-corrected chi connectivity index (χ4v) is 1.93. The van der Waals surface area contributed by atoms with Crippen molar-refractivity contribution in [1.29, 1.82) is 0 Å². The van der Waals surface area contributed by atoms with Crippen LogP contribution < -0.4 is 0 Å². The van der Waals surface area contributed by atoms with Crippen LogP contribution >= 0.6 is 12.6 Å². The lowest BCUT2D eigenvalue weighted by Gasteiger charge is -2.35. The number of hydrogen-bond donors (Lipinski definition) is 1. The van der Waals surface area contributed by atoms with Crippen LogP contribution in [-0.2, 0) is 0 Å². The first-order chi connectivity index (χ1) is 5.74. The normalized spacial score (nSPS) is 12.0. The lowest BCUT2D eigenvalue weighted by atomic mass is 10.2. The van der Waals surface area contributed by atoms with Gasteiger partial charge in [0.1, 0.15) is 0 Å². The van der Waals surface area contributed by atoms with Gasteiger partial charge in [0.05, 0.1) is 26.2 Å². The predicted octanol–water partition coefficient (Wildman–Crippen LogP) is 2.57. The molecule has 0 saturated heterocycles. The molecule has 1 nitrogen and oxygen atoms in total. The zero-order valence-corrected chi connectivity index (χ0v) is 9.74. The number of nitrogens with zero attached hydrogens (tertiary/aromatic N) is 1. The van der Waals surface area contributed by atoms with Crippen LogP contribution in [0.15, 0.2) is 0 Å². The summed E-state index contributed by atoms with van der Waals surface area (Å²) in [5.74, 6) is 1.04. The Hall–Kier alpha value is 0.310. The van der Waals surface area contributed by atoms with Crippen molar-refractivity contribution >= 4 is 12.6 Å². The molecular formula is C10H24NS+. The van der Waals surface area contributed by atoms with Gasteiger partial charge in [0.15, 0.2) is 0 Å². The van der Waals surface area contributed by atoms with Crippen molar-refractivity contribution in [3.8, 4) is 0 Å². The van der Waals surface area contributed by atoms with Crippen molar-refractivity contribution in [3.63, 3.8) is 0 Å². The Bertz CT molecular complexity index is 91.7. The Morgan fingerprint density at radius 2 is 1.42 bits per heavy atom. The van der Waals surface area contributed by atoms with Crippen molar-refractivity contribution in [3.05, 3.63) is 0 Å². The molecule has 0 radical (unpaired) electrons. The summed E-state index contributed by atoms with van der Waals surface area (Å²) in [5.41, 5.74) is 0. The zero-order valence-electron chi connectivity index (χ0n) is 8.84. The van der Waals surface area contributed by atoms with Crippen LogP contribution in [0.25, 0.3) is 0 Å². The Balaban J connectivity index is 3.76. The van der Waals surface area contributed by atoms with Crippen LogP contribution in [0.2, 0.25) is 0 Å². The third-order valence-corrected chi connectivity index (χ3v) is 3.37. The van der Waals surface area contributed by atoms with Crippen LogP contribution in [0, 0.1) is 0 Å². The van der Waals surface area contributed by atoms with Gasteiger partial charge in [0.2, 0.25) is 0 Å². The van der Waals surface area contributed by atoms with E-state index in [4.69, 9.17) is 0 Å². The van der Waals surface area contributed by atoms with Crippen molar-refractivity contribution in [1.82, 2.24) is 0 Å². The lowest BCUT2D eigenvalue weighted by molar-refractivity contribution is -0.923. The predicted molar refractivity (Wildman–Crippen MR) is 59.8 cm³/mol. The zero-order chi connectivity index (χ0) is 9.45. The van der Waals surface area contributed by atoms with Gasteiger partial charge < -0.3 is 4.48 Å². The fourth-order valence-electron chi connectivity index (χ4n) is 1.70. The molecule has 0 fully saturated rings. The van der Waals surface area contributed by atoms with E-state index in [-0.39, 0.29) is 0 Å². The van der Waals surface area contributed by atoms with Gasteiger partial charge in [-0.1, -0.05) is 0 Å². The molecule has 0 rings (SSSR count). The molecule has 0 heterocycles. The van der Waals surface area contributed by atoms with Crippen molar-refractivity contribution < 1.29 is 4.48 Å². The first kappa shape index (κ1) is 12.3. The fraction of sp³-hybridized carbons (Fsp3) is 1.00. The summed E-state index contributed by atoms with van der Waals surface area (Å²) in [6.45, 7) is 12.1. The van der Waals surface area contributed by atoms with E-state index in [1.54, 1.807) is 0 Å². The van der Waals surface area contributed by atoms with Gasteiger partial charge in [0, 0.05) is 0 Å². The maximum absolute atomic E-state index is 4.23. The molecule has 0 amide bonds. The summed E-state index contributed by atoms with van der Waals surface area (Å²) in [4.78, 5) is 0. The highest BCUT2D eigenvalue weighted by molar-refractivity contribution is 7.80. The largest absolute Gasteiger partial charge is 0.324 e. The van der Waals surface area contributed by atoms with Crippen molar-refractivity contribution in [2.24, 2.45) is 0 Å². The number of hydrogen-bond acceptors (Lipinski definition) is 1. The second kappa shape index (κ2) is 6.79. The summed E-state index contributed by atoms with van der Waals surface area (Å²) in [7, 11) is 0. The van der Waals surface area contributed by atoms with Gasteiger partial charge in [-0.15, -0.1) is 0 Å². The lowest BCUT2D eigenvalue weighted by Crippen LogP contribution is -2.48. The first-order valence-electron chi connectivity index (χ1n) is 5.20. The molecule has 0 aliphatic carbocycles. The first-order valence-corrected chi connectivity index (χ1v) is 5.83.